The van der Waals surface area contributed by atoms with E-state index >= 15 is 0 Å². The Kier molecular flexibility index (Phi) is 2.76. The Morgan fingerprint density at radius 1 is 1.53 bits per heavy atom. The van der Waals surface area contributed by atoms with Gasteiger partial charge in [0.05, 0.1) is 16.4 Å². The third kappa shape index (κ3) is 1.90. The van der Waals surface area contributed by atoms with Crippen molar-refractivity contribution in [2.24, 2.45) is 12.5 Å². The van der Waals surface area contributed by atoms with Gasteiger partial charge in [0.15, 0.2) is 0 Å². The molecule has 1 fully saturated rings. The van der Waals surface area contributed by atoms with Crippen LogP contribution in [0.25, 0.3) is 0 Å². The molecule has 0 N–H and O–H groups in total. The lowest BCUT2D eigenvalue weighted by atomic mass is 9.96. The zero-order valence-corrected chi connectivity index (χ0v) is 10.9. The molecule has 0 aliphatic heterocycles. The molecule has 4 heteroatoms. The van der Waals surface area contributed by atoms with Gasteiger partial charge in [-0.2, -0.15) is 5.10 Å². The van der Waals surface area contributed by atoms with Crippen LogP contribution in [0.15, 0.2) is 0 Å². The monoisotopic (exact) mass is 246 g/mol. The zero-order valence-electron chi connectivity index (χ0n) is 9.35. The highest BCUT2D eigenvalue weighted by atomic mass is 35.5. The standard InChI is InChI=1S/C11H16Cl2N2/c1-7-10(13)9(15(3)14-7)6-11(4-5-11)8(2)12/h8H,4-6H2,1-3H3. The van der Waals surface area contributed by atoms with Crippen LogP contribution in [0, 0.1) is 12.3 Å². The number of hydrogen-bond acceptors (Lipinski definition) is 1. The highest BCUT2D eigenvalue weighted by Crippen LogP contribution is 2.53. The van der Waals surface area contributed by atoms with Gasteiger partial charge < -0.3 is 0 Å². The van der Waals surface area contributed by atoms with E-state index in [4.69, 9.17) is 23.2 Å². The molecule has 1 aromatic rings. The van der Waals surface area contributed by atoms with Gasteiger partial charge in [-0.1, -0.05) is 11.6 Å². The summed E-state index contributed by atoms with van der Waals surface area (Å²) in [4.78, 5) is 0. The summed E-state index contributed by atoms with van der Waals surface area (Å²) in [5, 5.41) is 5.34. The molecular formula is C11H16Cl2N2. The van der Waals surface area contributed by atoms with Crippen molar-refractivity contribution in [3.63, 3.8) is 0 Å². The average Bonchev–Trinajstić information content (AvgIpc) is 2.89. The highest BCUT2D eigenvalue weighted by Gasteiger charge is 2.47. The number of halogens is 2. The Labute approximate surface area is 101 Å². The second kappa shape index (κ2) is 3.67. The molecule has 0 amide bonds. The van der Waals surface area contributed by atoms with Gasteiger partial charge in [0.25, 0.3) is 0 Å². The first kappa shape index (κ1) is 11.3. The molecule has 1 aromatic heterocycles. The molecule has 0 saturated heterocycles. The number of hydrogen-bond donors (Lipinski definition) is 0. The van der Waals surface area contributed by atoms with Crippen molar-refractivity contribution in [3.8, 4) is 0 Å². The van der Waals surface area contributed by atoms with Crippen molar-refractivity contribution in [1.29, 1.82) is 0 Å². The Morgan fingerprint density at radius 2 is 2.13 bits per heavy atom. The molecule has 1 heterocycles. The summed E-state index contributed by atoms with van der Waals surface area (Å²) in [6.45, 7) is 4.02. The van der Waals surface area contributed by atoms with E-state index in [0.29, 0.717) is 0 Å². The first-order chi connectivity index (χ1) is 6.96. The van der Waals surface area contributed by atoms with Crippen LogP contribution < -0.4 is 0 Å². The van der Waals surface area contributed by atoms with Crippen LogP contribution in [0.1, 0.15) is 31.2 Å². The summed E-state index contributed by atoms with van der Waals surface area (Å²) in [7, 11) is 1.95. The molecule has 1 saturated carbocycles. The Bertz CT molecular complexity index is 378. The van der Waals surface area contributed by atoms with Crippen LogP contribution in [-0.4, -0.2) is 15.2 Å². The van der Waals surface area contributed by atoms with Gasteiger partial charge in [0, 0.05) is 12.4 Å². The quantitative estimate of drug-likeness (QED) is 0.749. The van der Waals surface area contributed by atoms with Gasteiger partial charge in [-0.15, -0.1) is 11.6 Å². The molecule has 1 atom stereocenters. The average molecular weight is 247 g/mol. The molecule has 84 valence electrons. The van der Waals surface area contributed by atoms with Crippen molar-refractivity contribution in [1.82, 2.24) is 9.78 Å². The molecule has 0 radical (unpaired) electrons. The summed E-state index contributed by atoms with van der Waals surface area (Å²) in [6.07, 6.45) is 3.37. The first-order valence-corrected chi connectivity index (χ1v) is 6.10. The largest absolute Gasteiger partial charge is 0.271 e. The van der Waals surface area contributed by atoms with Crippen LogP contribution in [-0.2, 0) is 13.5 Å². The van der Waals surface area contributed by atoms with Crippen molar-refractivity contribution in [3.05, 3.63) is 16.4 Å². The fraction of sp³-hybridized carbons (Fsp3) is 0.727. The predicted molar refractivity (Wildman–Crippen MR) is 63.6 cm³/mol. The maximum absolute atomic E-state index is 6.23. The smallest absolute Gasteiger partial charge is 0.0847 e. The third-order valence-electron chi connectivity index (χ3n) is 3.52. The van der Waals surface area contributed by atoms with Gasteiger partial charge in [0.1, 0.15) is 0 Å². The minimum atomic E-state index is 0.212. The fourth-order valence-electron chi connectivity index (χ4n) is 2.08. The molecule has 1 aliphatic carbocycles. The normalized spacial score (nSPS) is 20.3. The zero-order chi connectivity index (χ0) is 11.2. The van der Waals surface area contributed by atoms with E-state index in [2.05, 4.69) is 12.0 Å². The van der Waals surface area contributed by atoms with Gasteiger partial charge >= 0.3 is 0 Å². The maximum Gasteiger partial charge on any atom is 0.0847 e. The summed E-state index contributed by atoms with van der Waals surface area (Å²) >= 11 is 12.4. The molecule has 0 bridgehead atoms. The minimum Gasteiger partial charge on any atom is -0.271 e. The van der Waals surface area contributed by atoms with Crippen LogP contribution in [0.5, 0.6) is 0 Å². The molecule has 1 unspecified atom stereocenters. The lowest BCUT2D eigenvalue weighted by molar-refractivity contribution is 0.476. The number of aromatic nitrogens is 2. The van der Waals surface area contributed by atoms with E-state index in [1.807, 2.05) is 18.7 Å². The van der Waals surface area contributed by atoms with Gasteiger partial charge in [-0.3, -0.25) is 4.68 Å². The Balaban J connectivity index is 2.25. The summed E-state index contributed by atoms with van der Waals surface area (Å²) in [5.74, 6) is 0. The Hall–Kier alpha value is -0.210. The van der Waals surface area contributed by atoms with Crippen molar-refractivity contribution in [2.75, 3.05) is 0 Å². The number of alkyl halides is 1. The topological polar surface area (TPSA) is 17.8 Å². The van der Waals surface area contributed by atoms with E-state index < -0.39 is 0 Å². The second-order valence-corrected chi connectivity index (χ2v) is 5.66. The third-order valence-corrected chi connectivity index (χ3v) is 4.47. The lowest BCUT2D eigenvalue weighted by Crippen LogP contribution is -2.17. The molecule has 2 rings (SSSR count). The number of nitrogens with zero attached hydrogens (tertiary/aromatic N) is 2. The van der Waals surface area contributed by atoms with Gasteiger partial charge in [-0.05, 0) is 38.5 Å². The maximum atomic E-state index is 6.23. The van der Waals surface area contributed by atoms with E-state index in [-0.39, 0.29) is 10.8 Å². The predicted octanol–water partition coefficient (Wildman–Crippen LogP) is 3.33. The van der Waals surface area contributed by atoms with Crippen molar-refractivity contribution in [2.45, 2.75) is 38.5 Å². The van der Waals surface area contributed by atoms with Gasteiger partial charge in [-0.25, -0.2) is 0 Å². The highest BCUT2D eigenvalue weighted by molar-refractivity contribution is 6.31. The molecule has 0 spiro atoms. The van der Waals surface area contributed by atoms with Crippen LogP contribution >= 0.6 is 23.2 Å². The lowest BCUT2D eigenvalue weighted by Gasteiger charge is -2.17. The second-order valence-electron chi connectivity index (χ2n) is 4.62. The summed E-state index contributed by atoms with van der Waals surface area (Å²) < 4.78 is 1.89. The van der Waals surface area contributed by atoms with Crippen LogP contribution in [0.4, 0.5) is 0 Å². The van der Waals surface area contributed by atoms with Crippen molar-refractivity contribution < 1.29 is 0 Å². The van der Waals surface area contributed by atoms with E-state index in [1.165, 1.54) is 12.8 Å². The van der Waals surface area contributed by atoms with Crippen molar-refractivity contribution >= 4 is 23.2 Å². The molecule has 0 aromatic carbocycles. The molecule has 2 nitrogen and oxygen atoms in total. The van der Waals surface area contributed by atoms with Crippen LogP contribution in [0.3, 0.4) is 0 Å². The van der Waals surface area contributed by atoms with E-state index in [0.717, 1.165) is 22.8 Å². The van der Waals surface area contributed by atoms with E-state index in [9.17, 15) is 0 Å². The number of aryl methyl sites for hydroxylation is 2. The summed E-state index contributed by atoms with van der Waals surface area (Å²) in [5.41, 5.74) is 2.30. The van der Waals surface area contributed by atoms with E-state index in [1.54, 1.807) is 0 Å². The fourth-order valence-corrected chi connectivity index (χ4v) is 2.60. The van der Waals surface area contributed by atoms with Crippen LogP contribution in [0.2, 0.25) is 5.02 Å². The first-order valence-electron chi connectivity index (χ1n) is 5.28. The molecule has 1 aliphatic rings. The summed E-state index contributed by atoms with van der Waals surface area (Å²) in [6, 6.07) is 0. The SMILES string of the molecule is Cc1nn(C)c(CC2(C(C)Cl)CC2)c1Cl. The number of rotatable bonds is 3. The Morgan fingerprint density at radius 3 is 2.47 bits per heavy atom. The van der Waals surface area contributed by atoms with Gasteiger partial charge in [0.2, 0.25) is 0 Å². The minimum absolute atomic E-state index is 0.212. The molecular weight excluding hydrogens is 231 g/mol. The molecule has 15 heavy (non-hydrogen) atoms.